The highest BCUT2D eigenvalue weighted by molar-refractivity contribution is 7.99. The summed E-state index contributed by atoms with van der Waals surface area (Å²) < 4.78 is 18.2. The summed E-state index contributed by atoms with van der Waals surface area (Å²) in [5.41, 5.74) is 0.938. The van der Waals surface area contributed by atoms with Crippen LogP contribution in [-0.2, 0) is 11.2 Å². The van der Waals surface area contributed by atoms with E-state index in [0.717, 1.165) is 17.1 Å². The van der Waals surface area contributed by atoms with Crippen molar-refractivity contribution in [2.45, 2.75) is 18.6 Å². The number of benzene rings is 1. The van der Waals surface area contributed by atoms with Crippen LogP contribution in [0.2, 0.25) is 0 Å². The molecule has 0 saturated carbocycles. The van der Waals surface area contributed by atoms with E-state index in [1.165, 1.54) is 12.1 Å². The van der Waals surface area contributed by atoms with Gasteiger partial charge < -0.3 is 9.84 Å². The van der Waals surface area contributed by atoms with Crippen LogP contribution in [0.4, 0.5) is 4.39 Å². The van der Waals surface area contributed by atoms with E-state index in [1.807, 2.05) is 0 Å². The van der Waals surface area contributed by atoms with Gasteiger partial charge in [0.25, 0.3) is 0 Å². The Hall–Kier alpha value is -0.580. The van der Waals surface area contributed by atoms with E-state index >= 15 is 0 Å². The van der Waals surface area contributed by atoms with Crippen molar-refractivity contribution in [1.82, 2.24) is 0 Å². The lowest BCUT2D eigenvalue weighted by Crippen LogP contribution is -2.36. The van der Waals surface area contributed by atoms with Crippen LogP contribution in [0.5, 0.6) is 0 Å². The third-order valence-corrected chi connectivity index (χ3v) is 3.65. The van der Waals surface area contributed by atoms with Crippen molar-refractivity contribution < 1.29 is 14.2 Å². The van der Waals surface area contributed by atoms with Crippen molar-refractivity contribution >= 4 is 11.8 Å². The summed E-state index contributed by atoms with van der Waals surface area (Å²) in [5, 5.41) is 9.96. The molecule has 0 bridgehead atoms. The minimum Gasteiger partial charge on any atom is -0.390 e. The Morgan fingerprint density at radius 2 is 2.19 bits per heavy atom. The molecule has 0 aromatic heterocycles. The maximum absolute atomic E-state index is 12.7. The quantitative estimate of drug-likeness (QED) is 0.877. The Bertz CT molecular complexity index is 322. The largest absolute Gasteiger partial charge is 0.390 e. The van der Waals surface area contributed by atoms with Crippen LogP contribution in [0.1, 0.15) is 5.56 Å². The van der Waals surface area contributed by atoms with E-state index in [2.05, 4.69) is 0 Å². The Balaban J connectivity index is 1.90. The molecule has 2 unspecified atom stereocenters. The van der Waals surface area contributed by atoms with E-state index in [1.54, 1.807) is 23.9 Å². The normalized spacial score (nSPS) is 23.0. The molecule has 2 nitrogen and oxygen atoms in total. The van der Waals surface area contributed by atoms with Crippen LogP contribution in [-0.4, -0.2) is 35.4 Å². The van der Waals surface area contributed by atoms with E-state index in [4.69, 9.17) is 4.74 Å². The standard InChI is InChI=1S/C12H15FO2S/c13-10-3-1-9(2-4-10)7-11(14)12-8-16-6-5-15-12/h1-4,11-12,14H,5-8H2. The predicted molar refractivity (Wildman–Crippen MR) is 63.2 cm³/mol. The molecule has 0 aliphatic carbocycles. The minimum absolute atomic E-state index is 0.0937. The number of halogens is 1. The number of hydrogen-bond donors (Lipinski definition) is 1. The van der Waals surface area contributed by atoms with Gasteiger partial charge in [-0.05, 0) is 17.7 Å². The molecule has 88 valence electrons. The molecular formula is C12H15FO2S. The minimum atomic E-state index is -0.502. The first kappa shape index (κ1) is 11.9. The summed E-state index contributed by atoms with van der Waals surface area (Å²) in [4.78, 5) is 0. The van der Waals surface area contributed by atoms with E-state index < -0.39 is 6.10 Å². The van der Waals surface area contributed by atoms with Crippen LogP contribution in [0.25, 0.3) is 0 Å². The topological polar surface area (TPSA) is 29.5 Å². The van der Waals surface area contributed by atoms with Crippen LogP contribution < -0.4 is 0 Å². The third-order valence-electron chi connectivity index (χ3n) is 2.63. The second-order valence-electron chi connectivity index (χ2n) is 3.88. The molecule has 2 atom stereocenters. The molecule has 1 fully saturated rings. The molecule has 1 N–H and O–H groups in total. The molecule has 16 heavy (non-hydrogen) atoms. The first-order chi connectivity index (χ1) is 7.75. The molecule has 1 aromatic carbocycles. The average Bonchev–Trinajstić information content (AvgIpc) is 2.33. The molecule has 1 aliphatic rings. The number of thioether (sulfide) groups is 1. The van der Waals surface area contributed by atoms with Gasteiger partial charge in [-0.15, -0.1) is 0 Å². The Morgan fingerprint density at radius 3 is 2.81 bits per heavy atom. The molecule has 4 heteroatoms. The summed E-state index contributed by atoms with van der Waals surface area (Å²) in [6.45, 7) is 0.704. The van der Waals surface area contributed by atoms with Crippen molar-refractivity contribution in [3.8, 4) is 0 Å². The SMILES string of the molecule is OC(Cc1ccc(F)cc1)C1CSCCO1. The van der Waals surface area contributed by atoms with Crippen LogP contribution >= 0.6 is 11.8 Å². The lowest BCUT2D eigenvalue weighted by atomic mass is 10.0. The highest BCUT2D eigenvalue weighted by atomic mass is 32.2. The number of rotatable bonds is 3. The summed E-state index contributed by atoms with van der Waals surface area (Å²) in [5.74, 6) is 1.59. The van der Waals surface area contributed by atoms with Crippen LogP contribution in [0, 0.1) is 5.82 Å². The summed E-state index contributed by atoms with van der Waals surface area (Å²) in [7, 11) is 0. The molecule has 1 aromatic rings. The van der Waals surface area contributed by atoms with Crippen molar-refractivity contribution in [2.24, 2.45) is 0 Å². The average molecular weight is 242 g/mol. The predicted octanol–water partition coefficient (Wildman–Crippen LogP) is 1.86. The van der Waals surface area contributed by atoms with Crippen molar-refractivity contribution in [3.63, 3.8) is 0 Å². The molecule has 1 saturated heterocycles. The number of aliphatic hydroxyl groups is 1. The van der Waals surface area contributed by atoms with Gasteiger partial charge in [0.2, 0.25) is 0 Å². The fourth-order valence-electron chi connectivity index (χ4n) is 1.72. The Kier molecular flexibility index (Phi) is 4.21. The van der Waals surface area contributed by atoms with Gasteiger partial charge in [-0.1, -0.05) is 12.1 Å². The van der Waals surface area contributed by atoms with Crippen molar-refractivity contribution in [2.75, 3.05) is 18.1 Å². The third kappa shape index (κ3) is 3.20. The highest BCUT2D eigenvalue weighted by Gasteiger charge is 2.22. The lowest BCUT2D eigenvalue weighted by molar-refractivity contribution is -0.0207. The van der Waals surface area contributed by atoms with Crippen molar-refractivity contribution in [3.05, 3.63) is 35.6 Å². The van der Waals surface area contributed by atoms with Crippen molar-refractivity contribution in [1.29, 1.82) is 0 Å². The zero-order chi connectivity index (χ0) is 11.4. The molecule has 1 heterocycles. The number of ether oxygens (including phenoxy) is 1. The number of hydrogen-bond acceptors (Lipinski definition) is 3. The first-order valence-corrected chi connectivity index (χ1v) is 6.53. The molecule has 0 amide bonds. The smallest absolute Gasteiger partial charge is 0.123 e. The molecule has 2 rings (SSSR count). The number of aliphatic hydroxyl groups excluding tert-OH is 1. The first-order valence-electron chi connectivity index (χ1n) is 5.37. The molecule has 0 spiro atoms. The second-order valence-corrected chi connectivity index (χ2v) is 5.03. The van der Waals surface area contributed by atoms with Gasteiger partial charge in [0.05, 0.1) is 18.8 Å². The van der Waals surface area contributed by atoms with E-state index in [9.17, 15) is 9.50 Å². The van der Waals surface area contributed by atoms with Gasteiger partial charge in [-0.3, -0.25) is 0 Å². The van der Waals surface area contributed by atoms with Gasteiger partial charge in [-0.25, -0.2) is 4.39 Å². The summed E-state index contributed by atoms with van der Waals surface area (Å²) in [6.07, 6.45) is -0.0760. The van der Waals surface area contributed by atoms with Gasteiger partial charge in [0, 0.05) is 17.9 Å². The molecule has 0 radical (unpaired) electrons. The van der Waals surface area contributed by atoms with Crippen LogP contribution in [0.15, 0.2) is 24.3 Å². The highest BCUT2D eigenvalue weighted by Crippen LogP contribution is 2.18. The van der Waals surface area contributed by atoms with Crippen LogP contribution in [0.3, 0.4) is 0 Å². The monoisotopic (exact) mass is 242 g/mol. The fraction of sp³-hybridized carbons (Fsp3) is 0.500. The maximum Gasteiger partial charge on any atom is 0.123 e. The Morgan fingerprint density at radius 1 is 1.44 bits per heavy atom. The maximum atomic E-state index is 12.7. The zero-order valence-corrected chi connectivity index (χ0v) is 9.75. The van der Waals surface area contributed by atoms with Gasteiger partial charge in [0.15, 0.2) is 0 Å². The summed E-state index contributed by atoms with van der Waals surface area (Å²) in [6, 6.07) is 6.24. The van der Waals surface area contributed by atoms with E-state index in [-0.39, 0.29) is 11.9 Å². The summed E-state index contributed by atoms with van der Waals surface area (Å²) >= 11 is 1.80. The molecule has 1 aliphatic heterocycles. The van der Waals surface area contributed by atoms with Gasteiger partial charge in [-0.2, -0.15) is 11.8 Å². The van der Waals surface area contributed by atoms with Gasteiger partial charge >= 0.3 is 0 Å². The molecular weight excluding hydrogens is 227 g/mol. The Labute approximate surface area is 98.8 Å². The fourth-order valence-corrected chi connectivity index (χ4v) is 2.65. The van der Waals surface area contributed by atoms with Gasteiger partial charge in [0.1, 0.15) is 5.82 Å². The second kappa shape index (κ2) is 5.66. The lowest BCUT2D eigenvalue weighted by Gasteiger charge is -2.26. The zero-order valence-electron chi connectivity index (χ0n) is 8.93. The van der Waals surface area contributed by atoms with E-state index in [0.29, 0.717) is 13.0 Å².